The van der Waals surface area contributed by atoms with Crippen LogP contribution in [0, 0.1) is 29.6 Å². The SMILES string of the molecule is CCC1CCC(C2CC=C(c3cnc(-c4ccc(C[C@H](CC(=O)c5ccc(C(C)(C)C)cc5)C(=O)N5CC(C(=O)O)C5)cc4)nc3)CC2)CC1. The normalized spacial score (nSPS) is 22.0. The fraction of sp³-hybridized carbons (Fsp3) is 0.512. The number of benzene rings is 2. The zero-order chi connectivity index (χ0) is 35.4. The predicted octanol–water partition coefficient (Wildman–Crippen LogP) is 8.82. The first kappa shape index (κ1) is 35.7. The van der Waals surface area contributed by atoms with Crippen molar-refractivity contribution in [3.05, 3.63) is 89.3 Å². The second-order valence-electron chi connectivity index (χ2n) is 16.1. The van der Waals surface area contributed by atoms with Crippen LogP contribution >= 0.6 is 0 Å². The van der Waals surface area contributed by atoms with Gasteiger partial charge in [0.1, 0.15) is 0 Å². The standard InChI is InChI=1S/C43H53N3O4/c1-5-28-6-10-30(11-7-28)31-14-16-32(17-15-31)36-24-44-40(45-25-36)34-12-8-29(9-13-34)22-35(41(48)46-26-37(27-46)42(49)50)23-39(47)33-18-20-38(21-19-33)43(2,3)4/h8-9,12-13,16,18-21,24-25,28,30-31,35,37H,5-7,10-11,14-15,17,22-23,26-27H2,1-4H3,(H,49,50)/t28?,30?,31?,35-/m1/s1. The summed E-state index contributed by atoms with van der Waals surface area (Å²) in [5, 5.41) is 9.34. The molecule has 1 unspecified atom stereocenters. The number of carboxylic acid groups (broad SMARTS) is 1. The number of rotatable bonds is 11. The molecule has 1 aliphatic heterocycles. The van der Waals surface area contributed by atoms with E-state index in [9.17, 15) is 19.5 Å². The van der Waals surface area contributed by atoms with E-state index in [0.29, 0.717) is 17.8 Å². The fourth-order valence-corrected chi connectivity index (χ4v) is 8.15. The minimum atomic E-state index is -0.893. The summed E-state index contributed by atoms with van der Waals surface area (Å²) in [5.41, 5.74) is 5.98. The Kier molecular flexibility index (Phi) is 11.0. The zero-order valence-corrected chi connectivity index (χ0v) is 30.2. The molecule has 1 saturated carbocycles. The van der Waals surface area contributed by atoms with Gasteiger partial charge in [-0.1, -0.05) is 102 Å². The van der Waals surface area contributed by atoms with Crippen LogP contribution in [0.25, 0.3) is 17.0 Å². The minimum absolute atomic E-state index is 0.0265. The lowest BCUT2D eigenvalue weighted by Gasteiger charge is -2.38. The second kappa shape index (κ2) is 15.4. The van der Waals surface area contributed by atoms with Crippen molar-refractivity contribution in [2.24, 2.45) is 29.6 Å². The van der Waals surface area contributed by atoms with Crippen LogP contribution in [0.4, 0.5) is 0 Å². The summed E-state index contributed by atoms with van der Waals surface area (Å²) >= 11 is 0. The predicted molar refractivity (Wildman–Crippen MR) is 198 cm³/mol. The first-order chi connectivity index (χ1) is 24.0. The molecule has 3 aromatic rings. The molecular weight excluding hydrogens is 622 g/mol. The van der Waals surface area contributed by atoms with Crippen LogP contribution in [0.15, 0.2) is 67.0 Å². The molecule has 1 aromatic heterocycles. The maximum atomic E-state index is 13.6. The smallest absolute Gasteiger partial charge is 0.310 e. The van der Waals surface area contributed by atoms with Gasteiger partial charge < -0.3 is 10.0 Å². The van der Waals surface area contributed by atoms with Gasteiger partial charge >= 0.3 is 5.97 Å². The molecular formula is C43H53N3O4. The summed E-state index contributed by atoms with van der Waals surface area (Å²) in [6.07, 6.45) is 17.2. The zero-order valence-electron chi connectivity index (χ0n) is 30.2. The maximum Gasteiger partial charge on any atom is 0.310 e. The number of Topliss-reactive ketones (excluding diaryl/α,β-unsaturated/α-hetero) is 1. The molecule has 50 heavy (non-hydrogen) atoms. The van der Waals surface area contributed by atoms with Gasteiger partial charge in [0.2, 0.25) is 5.91 Å². The average Bonchev–Trinajstić information content (AvgIpc) is 3.10. The first-order valence-electron chi connectivity index (χ1n) is 18.7. The number of amides is 1. The summed E-state index contributed by atoms with van der Waals surface area (Å²) in [4.78, 5) is 49.4. The van der Waals surface area contributed by atoms with Gasteiger partial charge in [-0.3, -0.25) is 14.4 Å². The Labute approximate surface area is 297 Å². The van der Waals surface area contributed by atoms with E-state index >= 15 is 0 Å². The molecule has 1 amide bonds. The molecule has 7 heteroatoms. The molecule has 0 spiro atoms. The van der Waals surface area contributed by atoms with Crippen molar-refractivity contribution in [2.45, 2.75) is 97.3 Å². The summed E-state index contributed by atoms with van der Waals surface area (Å²) < 4.78 is 0. The monoisotopic (exact) mass is 675 g/mol. The first-order valence-corrected chi connectivity index (χ1v) is 18.7. The second-order valence-corrected chi connectivity index (χ2v) is 16.1. The number of ketones is 1. The summed E-state index contributed by atoms with van der Waals surface area (Å²) in [5.74, 6) is 1.01. The van der Waals surface area contributed by atoms with Crippen molar-refractivity contribution in [1.29, 1.82) is 0 Å². The van der Waals surface area contributed by atoms with E-state index in [2.05, 4.69) is 33.8 Å². The number of hydrogen-bond acceptors (Lipinski definition) is 5. The van der Waals surface area contributed by atoms with E-state index in [1.165, 1.54) is 44.1 Å². The van der Waals surface area contributed by atoms with E-state index in [-0.39, 0.29) is 36.6 Å². The van der Waals surface area contributed by atoms with Gasteiger partial charge in [0.05, 0.1) is 5.92 Å². The third kappa shape index (κ3) is 8.42. The highest BCUT2D eigenvalue weighted by Gasteiger charge is 2.39. The highest BCUT2D eigenvalue weighted by atomic mass is 16.4. The lowest BCUT2D eigenvalue weighted by molar-refractivity contribution is -0.154. The van der Waals surface area contributed by atoms with Crippen LogP contribution < -0.4 is 0 Å². The molecule has 1 N–H and O–H groups in total. The number of aliphatic carboxylic acids is 1. The van der Waals surface area contributed by atoms with Gasteiger partial charge in [-0.25, -0.2) is 9.97 Å². The highest BCUT2D eigenvalue weighted by Crippen LogP contribution is 2.41. The molecule has 7 nitrogen and oxygen atoms in total. The summed E-state index contributed by atoms with van der Waals surface area (Å²) in [6.45, 7) is 9.09. The van der Waals surface area contributed by atoms with Crippen molar-refractivity contribution < 1.29 is 19.5 Å². The van der Waals surface area contributed by atoms with Gasteiger partial charge in [0.15, 0.2) is 11.6 Å². The van der Waals surface area contributed by atoms with Gasteiger partial charge in [-0.05, 0) is 78.4 Å². The van der Waals surface area contributed by atoms with Crippen LogP contribution in [0.5, 0.6) is 0 Å². The lowest BCUT2D eigenvalue weighted by Crippen LogP contribution is -2.55. The van der Waals surface area contributed by atoms with E-state index in [1.807, 2.05) is 60.9 Å². The molecule has 0 radical (unpaired) electrons. The largest absolute Gasteiger partial charge is 0.481 e. The van der Waals surface area contributed by atoms with E-state index in [4.69, 9.17) is 9.97 Å². The fourth-order valence-electron chi connectivity index (χ4n) is 8.15. The Hall–Kier alpha value is -4.13. The van der Waals surface area contributed by atoms with Gasteiger partial charge in [-0.2, -0.15) is 0 Å². The molecule has 3 aliphatic rings. The summed E-state index contributed by atoms with van der Waals surface area (Å²) in [6, 6.07) is 15.5. The molecule has 264 valence electrons. The van der Waals surface area contributed by atoms with Gasteiger partial charge in [0, 0.05) is 54.5 Å². The molecule has 2 heterocycles. The Balaban J connectivity index is 1.09. The number of allylic oxidation sites excluding steroid dienone is 2. The van der Waals surface area contributed by atoms with Crippen molar-refractivity contribution in [2.75, 3.05) is 13.1 Å². The third-order valence-electron chi connectivity index (χ3n) is 11.7. The quantitative estimate of drug-likeness (QED) is 0.204. The highest BCUT2D eigenvalue weighted by molar-refractivity contribution is 5.99. The molecule has 2 aromatic carbocycles. The number of aromatic nitrogens is 2. The Morgan fingerprint density at radius 1 is 0.860 bits per heavy atom. The van der Waals surface area contributed by atoms with Gasteiger partial charge in [-0.15, -0.1) is 0 Å². The molecule has 2 aliphatic carbocycles. The summed E-state index contributed by atoms with van der Waals surface area (Å²) in [7, 11) is 0. The maximum absolute atomic E-state index is 13.6. The van der Waals surface area contributed by atoms with Crippen molar-refractivity contribution in [1.82, 2.24) is 14.9 Å². The van der Waals surface area contributed by atoms with E-state index in [1.54, 1.807) is 4.90 Å². The van der Waals surface area contributed by atoms with Gasteiger partial charge in [0.25, 0.3) is 0 Å². The molecule has 1 saturated heterocycles. The number of carbonyl (C=O) groups is 3. The Morgan fingerprint density at radius 2 is 1.52 bits per heavy atom. The van der Waals surface area contributed by atoms with Crippen LogP contribution in [0.1, 0.15) is 113 Å². The third-order valence-corrected chi connectivity index (χ3v) is 11.7. The minimum Gasteiger partial charge on any atom is -0.481 e. The molecule has 2 fully saturated rings. The lowest BCUT2D eigenvalue weighted by atomic mass is 9.71. The van der Waals surface area contributed by atoms with Crippen LogP contribution in [0.2, 0.25) is 0 Å². The molecule has 2 atom stereocenters. The Bertz CT molecular complexity index is 1670. The Morgan fingerprint density at radius 3 is 2.08 bits per heavy atom. The van der Waals surface area contributed by atoms with Crippen LogP contribution in [0.3, 0.4) is 0 Å². The molecule has 0 bridgehead atoms. The average molecular weight is 676 g/mol. The number of nitrogens with zero attached hydrogens (tertiary/aromatic N) is 3. The number of carbonyl (C=O) groups excluding carboxylic acids is 2. The van der Waals surface area contributed by atoms with Crippen molar-refractivity contribution >= 4 is 23.2 Å². The van der Waals surface area contributed by atoms with Crippen molar-refractivity contribution in [3.8, 4) is 11.4 Å². The van der Waals surface area contributed by atoms with Crippen LogP contribution in [-0.2, 0) is 21.4 Å². The topological polar surface area (TPSA) is 100 Å². The number of likely N-dealkylation sites (tertiary alicyclic amines) is 1. The molecule has 6 rings (SSSR count). The van der Waals surface area contributed by atoms with Crippen molar-refractivity contribution in [3.63, 3.8) is 0 Å². The van der Waals surface area contributed by atoms with E-state index < -0.39 is 17.8 Å². The van der Waals surface area contributed by atoms with E-state index in [0.717, 1.165) is 52.8 Å². The number of hydrogen-bond donors (Lipinski definition) is 1. The van der Waals surface area contributed by atoms with Crippen LogP contribution in [-0.4, -0.2) is 50.7 Å². The number of carboxylic acids is 1.